The predicted octanol–water partition coefficient (Wildman–Crippen LogP) is 1.45. The monoisotopic (exact) mass is 441 g/mol. The Morgan fingerprint density at radius 3 is 2.59 bits per heavy atom. The lowest BCUT2D eigenvalue weighted by Crippen LogP contribution is -2.48. The third-order valence-corrected chi connectivity index (χ3v) is 5.79. The SMILES string of the molecule is COc1ccc(-c2cnc(N(C)C)nc2[C@H]2CN(C(=O)CN3CCOCC3)CCO2)cc1. The lowest BCUT2D eigenvalue weighted by Gasteiger charge is -2.35. The first-order valence-corrected chi connectivity index (χ1v) is 10.9. The zero-order valence-electron chi connectivity index (χ0n) is 19.0. The number of nitrogens with zero attached hydrogens (tertiary/aromatic N) is 5. The molecule has 0 bridgehead atoms. The lowest BCUT2D eigenvalue weighted by molar-refractivity contribution is -0.141. The van der Waals surface area contributed by atoms with Gasteiger partial charge in [0.1, 0.15) is 11.9 Å². The van der Waals surface area contributed by atoms with E-state index >= 15 is 0 Å². The van der Waals surface area contributed by atoms with Crippen molar-refractivity contribution in [2.45, 2.75) is 6.10 Å². The van der Waals surface area contributed by atoms with E-state index in [1.165, 1.54) is 0 Å². The number of ether oxygens (including phenoxy) is 3. The first-order valence-electron chi connectivity index (χ1n) is 10.9. The maximum Gasteiger partial charge on any atom is 0.236 e. The van der Waals surface area contributed by atoms with Gasteiger partial charge in [0.05, 0.1) is 45.7 Å². The van der Waals surface area contributed by atoms with Gasteiger partial charge in [0, 0.05) is 45.5 Å². The smallest absolute Gasteiger partial charge is 0.236 e. The fourth-order valence-electron chi connectivity index (χ4n) is 3.93. The second-order valence-electron chi connectivity index (χ2n) is 8.18. The second kappa shape index (κ2) is 10.2. The van der Waals surface area contributed by atoms with Gasteiger partial charge < -0.3 is 24.0 Å². The Labute approximate surface area is 188 Å². The Morgan fingerprint density at radius 1 is 1.16 bits per heavy atom. The molecule has 3 heterocycles. The lowest BCUT2D eigenvalue weighted by atomic mass is 10.0. The molecule has 0 spiro atoms. The predicted molar refractivity (Wildman–Crippen MR) is 121 cm³/mol. The van der Waals surface area contributed by atoms with E-state index in [4.69, 9.17) is 19.2 Å². The summed E-state index contributed by atoms with van der Waals surface area (Å²) >= 11 is 0. The molecule has 0 radical (unpaired) electrons. The van der Waals surface area contributed by atoms with Crippen LogP contribution >= 0.6 is 0 Å². The van der Waals surface area contributed by atoms with E-state index in [1.807, 2.05) is 54.4 Å². The quantitative estimate of drug-likeness (QED) is 0.667. The van der Waals surface area contributed by atoms with Crippen molar-refractivity contribution in [3.8, 4) is 16.9 Å². The number of anilines is 1. The zero-order valence-corrected chi connectivity index (χ0v) is 19.0. The Morgan fingerprint density at radius 2 is 1.91 bits per heavy atom. The summed E-state index contributed by atoms with van der Waals surface area (Å²) in [5.74, 6) is 1.51. The average molecular weight is 442 g/mol. The van der Waals surface area contributed by atoms with Crippen LogP contribution in [0.5, 0.6) is 5.75 Å². The van der Waals surface area contributed by atoms with Gasteiger partial charge in [-0.05, 0) is 17.7 Å². The summed E-state index contributed by atoms with van der Waals surface area (Å²) in [6, 6.07) is 7.80. The molecule has 2 aliphatic rings. The maximum absolute atomic E-state index is 13.0. The van der Waals surface area contributed by atoms with Crippen LogP contribution in [-0.4, -0.2) is 99.4 Å². The number of amides is 1. The van der Waals surface area contributed by atoms with E-state index in [-0.39, 0.29) is 12.0 Å². The van der Waals surface area contributed by atoms with E-state index in [1.54, 1.807) is 7.11 Å². The van der Waals surface area contributed by atoms with Crippen molar-refractivity contribution in [1.82, 2.24) is 19.8 Å². The van der Waals surface area contributed by atoms with Crippen LogP contribution in [0.25, 0.3) is 11.1 Å². The van der Waals surface area contributed by atoms with E-state index in [0.29, 0.717) is 45.4 Å². The molecule has 0 aliphatic carbocycles. The van der Waals surface area contributed by atoms with Crippen molar-refractivity contribution in [2.24, 2.45) is 0 Å². The summed E-state index contributed by atoms with van der Waals surface area (Å²) in [5.41, 5.74) is 2.66. The van der Waals surface area contributed by atoms with Gasteiger partial charge in [0.25, 0.3) is 0 Å². The van der Waals surface area contributed by atoms with Crippen LogP contribution in [0.1, 0.15) is 11.8 Å². The summed E-state index contributed by atoms with van der Waals surface area (Å²) in [6.45, 7) is 4.88. The van der Waals surface area contributed by atoms with Crippen molar-refractivity contribution in [3.05, 3.63) is 36.2 Å². The van der Waals surface area contributed by atoms with Crippen LogP contribution in [-0.2, 0) is 14.3 Å². The molecule has 2 aliphatic heterocycles. The van der Waals surface area contributed by atoms with Crippen molar-refractivity contribution in [2.75, 3.05) is 78.6 Å². The summed E-state index contributed by atoms with van der Waals surface area (Å²) in [6.07, 6.45) is 1.51. The van der Waals surface area contributed by atoms with Crippen LogP contribution in [0, 0.1) is 0 Å². The number of benzene rings is 1. The van der Waals surface area contributed by atoms with Crippen LogP contribution in [0.2, 0.25) is 0 Å². The fourth-order valence-corrected chi connectivity index (χ4v) is 3.93. The summed E-state index contributed by atoms with van der Waals surface area (Å²) < 4.78 is 16.8. The van der Waals surface area contributed by atoms with Crippen molar-refractivity contribution < 1.29 is 19.0 Å². The normalized spacial score (nSPS) is 19.6. The summed E-state index contributed by atoms with van der Waals surface area (Å²) in [7, 11) is 5.46. The number of rotatable bonds is 6. The van der Waals surface area contributed by atoms with Gasteiger partial charge >= 0.3 is 0 Å². The molecule has 2 saturated heterocycles. The van der Waals surface area contributed by atoms with Crippen LogP contribution in [0.4, 0.5) is 5.95 Å². The molecule has 9 nitrogen and oxygen atoms in total. The number of carbonyl (C=O) groups excluding carboxylic acids is 1. The molecule has 9 heteroatoms. The van der Waals surface area contributed by atoms with E-state index in [9.17, 15) is 4.79 Å². The highest BCUT2D eigenvalue weighted by molar-refractivity contribution is 5.78. The number of morpholine rings is 2. The summed E-state index contributed by atoms with van der Waals surface area (Å²) in [5, 5.41) is 0. The van der Waals surface area contributed by atoms with E-state index < -0.39 is 0 Å². The van der Waals surface area contributed by atoms with Crippen molar-refractivity contribution in [1.29, 1.82) is 0 Å². The molecule has 32 heavy (non-hydrogen) atoms. The second-order valence-corrected chi connectivity index (χ2v) is 8.18. The number of aromatic nitrogens is 2. The average Bonchev–Trinajstić information content (AvgIpc) is 2.84. The number of hydrogen-bond acceptors (Lipinski definition) is 8. The molecule has 1 atom stereocenters. The third kappa shape index (κ3) is 5.17. The molecule has 0 N–H and O–H groups in total. The Balaban J connectivity index is 1.57. The minimum absolute atomic E-state index is 0.119. The number of methoxy groups -OCH3 is 1. The van der Waals surface area contributed by atoms with Gasteiger partial charge in [0.15, 0.2) is 0 Å². The van der Waals surface area contributed by atoms with Gasteiger partial charge in [-0.2, -0.15) is 0 Å². The molecule has 2 fully saturated rings. The number of carbonyl (C=O) groups is 1. The molecular formula is C23H31N5O4. The zero-order chi connectivity index (χ0) is 22.5. The highest BCUT2D eigenvalue weighted by atomic mass is 16.5. The first-order chi connectivity index (χ1) is 15.5. The molecule has 1 aromatic carbocycles. The molecule has 1 amide bonds. The van der Waals surface area contributed by atoms with Gasteiger partial charge in [-0.1, -0.05) is 12.1 Å². The topological polar surface area (TPSA) is 80.3 Å². The Kier molecular flexibility index (Phi) is 7.19. The van der Waals surface area contributed by atoms with Gasteiger partial charge in [-0.3, -0.25) is 9.69 Å². The third-order valence-electron chi connectivity index (χ3n) is 5.79. The highest BCUT2D eigenvalue weighted by Gasteiger charge is 2.30. The Bertz CT molecular complexity index is 915. The highest BCUT2D eigenvalue weighted by Crippen LogP contribution is 2.32. The van der Waals surface area contributed by atoms with Crippen LogP contribution in [0.15, 0.2) is 30.5 Å². The molecule has 0 saturated carbocycles. The minimum atomic E-state index is -0.323. The minimum Gasteiger partial charge on any atom is -0.497 e. The van der Waals surface area contributed by atoms with Crippen molar-refractivity contribution in [3.63, 3.8) is 0 Å². The summed E-state index contributed by atoms with van der Waals surface area (Å²) in [4.78, 5) is 28.2. The van der Waals surface area contributed by atoms with Gasteiger partial charge in [-0.15, -0.1) is 0 Å². The van der Waals surface area contributed by atoms with E-state index in [0.717, 1.165) is 35.7 Å². The molecular weight excluding hydrogens is 410 g/mol. The van der Waals surface area contributed by atoms with E-state index in [2.05, 4.69) is 9.88 Å². The van der Waals surface area contributed by atoms with Crippen LogP contribution in [0.3, 0.4) is 0 Å². The largest absolute Gasteiger partial charge is 0.497 e. The molecule has 172 valence electrons. The molecule has 0 unspecified atom stereocenters. The van der Waals surface area contributed by atoms with Crippen molar-refractivity contribution >= 4 is 11.9 Å². The first kappa shape index (κ1) is 22.4. The maximum atomic E-state index is 13.0. The standard InChI is InChI=1S/C23H31N5O4/c1-26(2)23-24-14-19(17-4-6-18(30-3)7-5-17)22(25-23)20-15-28(10-13-32-20)21(29)16-27-8-11-31-12-9-27/h4-7,14,20H,8-13,15-16H2,1-3H3/t20-/m1/s1. The number of hydrogen-bond donors (Lipinski definition) is 0. The molecule has 1 aromatic heterocycles. The molecule has 2 aromatic rings. The van der Waals surface area contributed by atoms with Gasteiger partial charge in [-0.25, -0.2) is 9.97 Å². The Hall–Kier alpha value is -2.75. The fraction of sp³-hybridized carbons (Fsp3) is 0.522. The molecule has 4 rings (SSSR count). The van der Waals surface area contributed by atoms with Crippen LogP contribution < -0.4 is 9.64 Å². The van der Waals surface area contributed by atoms with Gasteiger partial charge in [0.2, 0.25) is 11.9 Å².